The van der Waals surface area contributed by atoms with E-state index in [1.165, 1.54) is 6.33 Å². The number of carbonyl (C=O) groups excluding carboxylic acids is 1. The number of rotatable bonds is 1. The number of aromatic amines is 1. The molecule has 1 fully saturated rings. The summed E-state index contributed by atoms with van der Waals surface area (Å²) < 4.78 is 0. The van der Waals surface area contributed by atoms with Gasteiger partial charge in [0, 0.05) is 40.3 Å². The highest BCUT2D eigenvalue weighted by Crippen LogP contribution is 2.22. The number of nitrogens with one attached hydrogen (secondary N) is 1. The second kappa shape index (κ2) is 4.95. The number of anilines is 1. The van der Waals surface area contributed by atoms with Crippen molar-refractivity contribution >= 4 is 22.9 Å². The molecule has 1 aliphatic heterocycles. The maximum Gasteiger partial charge on any atom is 0.319 e. The van der Waals surface area contributed by atoms with Gasteiger partial charge in [-0.2, -0.15) is 5.10 Å². The number of piperazine rings is 1. The van der Waals surface area contributed by atoms with Gasteiger partial charge in [-0.05, 0) is 0 Å². The van der Waals surface area contributed by atoms with E-state index in [-0.39, 0.29) is 6.03 Å². The van der Waals surface area contributed by atoms with Crippen molar-refractivity contribution in [1.82, 2.24) is 30.0 Å². The van der Waals surface area contributed by atoms with Gasteiger partial charge in [0.1, 0.15) is 12.1 Å². The quantitative estimate of drug-likeness (QED) is 0.801. The number of carbonyl (C=O) groups is 1. The van der Waals surface area contributed by atoms with Gasteiger partial charge in [0.15, 0.2) is 5.65 Å². The molecule has 2 aromatic heterocycles. The van der Waals surface area contributed by atoms with E-state index in [2.05, 4.69) is 25.1 Å². The van der Waals surface area contributed by atoms with E-state index in [1.807, 2.05) is 4.90 Å². The van der Waals surface area contributed by atoms with Gasteiger partial charge >= 0.3 is 6.03 Å². The van der Waals surface area contributed by atoms with Gasteiger partial charge in [-0.25, -0.2) is 14.8 Å². The first-order valence-electron chi connectivity index (χ1n) is 6.52. The molecule has 0 atom stereocenters. The van der Waals surface area contributed by atoms with Crippen molar-refractivity contribution in [1.29, 1.82) is 0 Å². The number of aromatic nitrogens is 4. The number of hydrogen-bond acceptors (Lipinski definition) is 5. The van der Waals surface area contributed by atoms with Crippen LogP contribution >= 0.6 is 0 Å². The van der Waals surface area contributed by atoms with Crippen molar-refractivity contribution in [2.45, 2.75) is 0 Å². The molecule has 2 aromatic rings. The van der Waals surface area contributed by atoms with Crippen LogP contribution in [-0.4, -0.2) is 76.3 Å². The highest BCUT2D eigenvalue weighted by molar-refractivity contribution is 5.86. The zero-order valence-electron chi connectivity index (χ0n) is 11.6. The molecule has 106 valence electrons. The molecule has 0 aliphatic carbocycles. The molecule has 0 saturated carbocycles. The van der Waals surface area contributed by atoms with Gasteiger partial charge in [0.25, 0.3) is 0 Å². The van der Waals surface area contributed by atoms with Gasteiger partial charge in [0.2, 0.25) is 0 Å². The molecule has 1 aliphatic rings. The fourth-order valence-corrected chi connectivity index (χ4v) is 2.40. The Balaban J connectivity index is 1.75. The molecule has 1 saturated heterocycles. The number of nitrogens with zero attached hydrogens (tertiary/aromatic N) is 6. The Morgan fingerprint density at radius 3 is 2.70 bits per heavy atom. The predicted molar refractivity (Wildman–Crippen MR) is 74.6 cm³/mol. The van der Waals surface area contributed by atoms with Crippen LogP contribution < -0.4 is 4.90 Å². The van der Waals surface area contributed by atoms with E-state index in [9.17, 15) is 4.79 Å². The molecule has 0 spiro atoms. The smallest absolute Gasteiger partial charge is 0.319 e. The minimum Gasteiger partial charge on any atom is -0.352 e. The van der Waals surface area contributed by atoms with E-state index in [0.29, 0.717) is 13.1 Å². The molecular formula is C12H17N7O. The minimum absolute atomic E-state index is 0.0563. The first-order valence-corrected chi connectivity index (χ1v) is 6.52. The normalized spacial score (nSPS) is 15.7. The van der Waals surface area contributed by atoms with Crippen molar-refractivity contribution in [3.8, 4) is 0 Å². The van der Waals surface area contributed by atoms with Crippen LogP contribution in [0, 0.1) is 0 Å². The summed E-state index contributed by atoms with van der Waals surface area (Å²) in [6.45, 7) is 2.91. The Kier molecular flexibility index (Phi) is 3.13. The number of amides is 2. The third kappa shape index (κ3) is 2.13. The molecule has 20 heavy (non-hydrogen) atoms. The summed E-state index contributed by atoms with van der Waals surface area (Å²) in [6, 6.07) is 0.0563. The third-order valence-corrected chi connectivity index (χ3v) is 3.46. The van der Waals surface area contributed by atoms with E-state index < -0.39 is 0 Å². The largest absolute Gasteiger partial charge is 0.352 e. The van der Waals surface area contributed by atoms with Crippen LogP contribution in [0.2, 0.25) is 0 Å². The maximum atomic E-state index is 11.9. The van der Waals surface area contributed by atoms with Crippen LogP contribution in [0.4, 0.5) is 10.6 Å². The van der Waals surface area contributed by atoms with Gasteiger partial charge < -0.3 is 14.7 Å². The molecule has 3 rings (SSSR count). The SMILES string of the molecule is CN(C)C(=O)N1CCN(c2ncnc3[nH]ncc23)CC1. The Labute approximate surface area is 116 Å². The van der Waals surface area contributed by atoms with Crippen molar-refractivity contribution in [3.05, 3.63) is 12.5 Å². The molecule has 0 aromatic carbocycles. The third-order valence-electron chi connectivity index (χ3n) is 3.46. The lowest BCUT2D eigenvalue weighted by Gasteiger charge is -2.36. The lowest BCUT2D eigenvalue weighted by atomic mass is 10.3. The van der Waals surface area contributed by atoms with Crippen LogP contribution in [0.3, 0.4) is 0 Å². The highest BCUT2D eigenvalue weighted by Gasteiger charge is 2.24. The Bertz CT molecular complexity index is 615. The van der Waals surface area contributed by atoms with E-state index in [1.54, 1.807) is 25.2 Å². The van der Waals surface area contributed by atoms with Crippen LogP contribution in [0.15, 0.2) is 12.5 Å². The van der Waals surface area contributed by atoms with E-state index >= 15 is 0 Å². The molecule has 1 N–H and O–H groups in total. The van der Waals surface area contributed by atoms with Crippen molar-refractivity contribution < 1.29 is 4.79 Å². The lowest BCUT2D eigenvalue weighted by molar-refractivity contribution is 0.168. The van der Waals surface area contributed by atoms with Gasteiger partial charge in [0.05, 0.1) is 11.6 Å². The first-order chi connectivity index (χ1) is 9.66. The van der Waals surface area contributed by atoms with Crippen molar-refractivity contribution in [2.75, 3.05) is 45.2 Å². The predicted octanol–water partition coefficient (Wildman–Crippen LogP) is 0.156. The van der Waals surface area contributed by atoms with Crippen LogP contribution in [0.5, 0.6) is 0 Å². The van der Waals surface area contributed by atoms with Gasteiger partial charge in [-0.15, -0.1) is 0 Å². The highest BCUT2D eigenvalue weighted by atomic mass is 16.2. The number of fused-ring (bicyclic) bond motifs is 1. The molecule has 2 amide bonds. The second-order valence-corrected chi connectivity index (χ2v) is 4.98. The summed E-state index contributed by atoms with van der Waals surface area (Å²) in [7, 11) is 3.54. The van der Waals surface area contributed by atoms with Crippen molar-refractivity contribution in [3.63, 3.8) is 0 Å². The fraction of sp³-hybridized carbons (Fsp3) is 0.500. The monoisotopic (exact) mass is 275 g/mol. The van der Waals surface area contributed by atoms with Gasteiger partial charge in [-0.3, -0.25) is 5.10 Å². The maximum absolute atomic E-state index is 11.9. The average molecular weight is 275 g/mol. The second-order valence-electron chi connectivity index (χ2n) is 4.98. The minimum atomic E-state index is 0.0563. The number of H-pyrrole nitrogens is 1. The molecule has 8 nitrogen and oxygen atoms in total. The first kappa shape index (κ1) is 12.6. The fourth-order valence-electron chi connectivity index (χ4n) is 2.40. The van der Waals surface area contributed by atoms with Gasteiger partial charge in [-0.1, -0.05) is 0 Å². The summed E-state index contributed by atoms with van der Waals surface area (Å²) >= 11 is 0. The molecule has 3 heterocycles. The standard InChI is InChI=1S/C12H17N7O/c1-17(2)12(20)19-5-3-18(4-6-19)11-9-7-15-16-10(9)13-8-14-11/h7-8H,3-6H2,1-2H3,(H,13,14,15,16). The summed E-state index contributed by atoms with van der Waals surface area (Å²) in [5.74, 6) is 0.876. The Morgan fingerprint density at radius 1 is 1.25 bits per heavy atom. The summed E-state index contributed by atoms with van der Waals surface area (Å²) in [6.07, 6.45) is 3.27. The summed E-state index contributed by atoms with van der Waals surface area (Å²) in [5.41, 5.74) is 0.738. The zero-order chi connectivity index (χ0) is 14.1. The van der Waals surface area contributed by atoms with Crippen LogP contribution in [-0.2, 0) is 0 Å². The molecule has 8 heteroatoms. The molecular weight excluding hydrogens is 258 g/mol. The molecule has 0 unspecified atom stereocenters. The summed E-state index contributed by atoms with van der Waals surface area (Å²) in [5, 5.41) is 7.76. The number of urea groups is 1. The zero-order valence-corrected chi connectivity index (χ0v) is 11.6. The Hall–Kier alpha value is -2.38. The molecule has 0 bridgehead atoms. The topological polar surface area (TPSA) is 81.3 Å². The van der Waals surface area contributed by atoms with E-state index in [0.717, 1.165) is 29.9 Å². The van der Waals surface area contributed by atoms with Crippen LogP contribution in [0.25, 0.3) is 11.0 Å². The molecule has 0 radical (unpaired) electrons. The van der Waals surface area contributed by atoms with E-state index in [4.69, 9.17) is 0 Å². The number of hydrogen-bond donors (Lipinski definition) is 1. The van der Waals surface area contributed by atoms with Crippen LogP contribution in [0.1, 0.15) is 0 Å². The summed E-state index contributed by atoms with van der Waals surface area (Å²) in [4.78, 5) is 26.0. The average Bonchev–Trinajstić information content (AvgIpc) is 2.95. The Morgan fingerprint density at radius 2 is 2.00 bits per heavy atom. The lowest BCUT2D eigenvalue weighted by Crippen LogP contribution is -2.51. The van der Waals surface area contributed by atoms with Crippen molar-refractivity contribution in [2.24, 2.45) is 0 Å².